The first kappa shape index (κ1) is 14.1. The van der Waals surface area contributed by atoms with Gasteiger partial charge in [-0.3, -0.25) is 4.79 Å². The van der Waals surface area contributed by atoms with E-state index < -0.39 is 12.0 Å². The molecule has 2 aliphatic rings. The Morgan fingerprint density at radius 3 is 2.62 bits per heavy atom. The zero-order chi connectivity index (χ0) is 15.0. The number of carbonyl (C=O) groups is 2. The predicted octanol–water partition coefficient (Wildman–Crippen LogP) is 2.85. The van der Waals surface area contributed by atoms with Gasteiger partial charge >= 0.3 is 5.97 Å². The topological polar surface area (TPSA) is 57.6 Å². The number of carboxylic acids is 1. The molecule has 21 heavy (non-hydrogen) atoms. The van der Waals surface area contributed by atoms with Gasteiger partial charge in [0.25, 0.3) is 5.91 Å². The molecule has 1 aliphatic carbocycles. The van der Waals surface area contributed by atoms with E-state index in [1.165, 1.54) is 0 Å². The van der Waals surface area contributed by atoms with E-state index in [9.17, 15) is 14.7 Å². The molecule has 1 aliphatic heterocycles. The van der Waals surface area contributed by atoms with Crippen LogP contribution in [0.4, 0.5) is 0 Å². The minimum absolute atomic E-state index is 0.104. The van der Waals surface area contributed by atoms with E-state index >= 15 is 0 Å². The van der Waals surface area contributed by atoms with E-state index in [4.69, 9.17) is 0 Å². The highest BCUT2D eigenvalue weighted by Gasteiger charge is 2.47. The van der Waals surface area contributed by atoms with Gasteiger partial charge in [-0.05, 0) is 43.7 Å². The van der Waals surface area contributed by atoms with Crippen molar-refractivity contribution in [1.29, 1.82) is 0 Å². The number of carboxylic acid groups (broad SMARTS) is 1. The minimum atomic E-state index is -0.869. The molecule has 1 N–H and O–H groups in total. The highest BCUT2D eigenvalue weighted by molar-refractivity contribution is 5.98. The van der Waals surface area contributed by atoms with Gasteiger partial charge in [-0.1, -0.05) is 31.0 Å². The molecule has 3 atom stereocenters. The van der Waals surface area contributed by atoms with Gasteiger partial charge in [0.2, 0.25) is 0 Å². The van der Waals surface area contributed by atoms with Crippen LogP contribution in [0.1, 0.15) is 48.0 Å². The summed E-state index contributed by atoms with van der Waals surface area (Å²) in [5.41, 5.74) is 1.54. The molecule has 0 aromatic heterocycles. The van der Waals surface area contributed by atoms with E-state index in [2.05, 4.69) is 0 Å². The number of likely N-dealkylation sites (tertiary alicyclic amines) is 1. The maximum atomic E-state index is 12.9. The fourth-order valence-corrected chi connectivity index (χ4v) is 3.92. The van der Waals surface area contributed by atoms with Gasteiger partial charge in [-0.15, -0.1) is 0 Å². The van der Waals surface area contributed by atoms with Crippen molar-refractivity contribution in [3.63, 3.8) is 0 Å². The van der Waals surface area contributed by atoms with Crippen LogP contribution in [0, 0.1) is 12.8 Å². The summed E-state index contributed by atoms with van der Waals surface area (Å²) in [5.74, 6) is -0.631. The van der Waals surface area contributed by atoms with Gasteiger partial charge in [0.1, 0.15) is 6.04 Å². The summed E-state index contributed by atoms with van der Waals surface area (Å²) in [6.07, 6.45) is 4.83. The quantitative estimate of drug-likeness (QED) is 0.910. The third-order valence-electron chi connectivity index (χ3n) is 4.98. The van der Waals surface area contributed by atoms with Gasteiger partial charge in [-0.25, -0.2) is 4.79 Å². The standard InChI is InChI=1S/C17H21NO3/c1-11-6-2-4-8-13(11)16(19)18-14-9-5-3-7-12(14)10-15(18)17(20)21/h2,4,6,8,12,14-15H,3,5,7,9-10H2,1H3,(H,20,21). The number of aryl methyl sites for hydroxylation is 1. The van der Waals surface area contributed by atoms with Gasteiger partial charge in [-0.2, -0.15) is 0 Å². The molecule has 1 saturated heterocycles. The third-order valence-corrected chi connectivity index (χ3v) is 4.98. The Labute approximate surface area is 124 Å². The molecule has 112 valence electrons. The van der Waals surface area contributed by atoms with Gasteiger partial charge in [0, 0.05) is 11.6 Å². The van der Waals surface area contributed by atoms with Crippen LogP contribution in [-0.2, 0) is 4.79 Å². The summed E-state index contributed by atoms with van der Waals surface area (Å²) in [5, 5.41) is 9.50. The van der Waals surface area contributed by atoms with Gasteiger partial charge in [0.15, 0.2) is 0 Å². The van der Waals surface area contributed by atoms with E-state index in [0.29, 0.717) is 17.9 Å². The first-order valence-electron chi connectivity index (χ1n) is 7.70. The first-order valence-corrected chi connectivity index (χ1v) is 7.70. The number of amides is 1. The van der Waals surface area contributed by atoms with Crippen molar-refractivity contribution < 1.29 is 14.7 Å². The summed E-state index contributed by atoms with van der Waals surface area (Å²) in [4.78, 5) is 26.1. The van der Waals surface area contributed by atoms with Crippen LogP contribution >= 0.6 is 0 Å². The summed E-state index contributed by atoms with van der Waals surface area (Å²) in [7, 11) is 0. The fourth-order valence-electron chi connectivity index (χ4n) is 3.92. The smallest absolute Gasteiger partial charge is 0.326 e. The summed E-state index contributed by atoms with van der Waals surface area (Å²) < 4.78 is 0. The van der Waals surface area contributed by atoms with Crippen LogP contribution in [0.3, 0.4) is 0 Å². The van der Waals surface area contributed by atoms with Crippen LogP contribution in [0.2, 0.25) is 0 Å². The Hall–Kier alpha value is -1.84. The molecule has 1 aromatic rings. The second-order valence-corrected chi connectivity index (χ2v) is 6.23. The van der Waals surface area contributed by atoms with Gasteiger partial charge < -0.3 is 10.0 Å². The average molecular weight is 287 g/mol. The first-order chi connectivity index (χ1) is 10.1. The number of nitrogens with zero attached hydrogens (tertiary/aromatic N) is 1. The monoisotopic (exact) mass is 287 g/mol. The number of carbonyl (C=O) groups excluding carboxylic acids is 1. The normalized spacial score (nSPS) is 28.2. The maximum Gasteiger partial charge on any atom is 0.326 e. The second kappa shape index (κ2) is 5.51. The van der Waals surface area contributed by atoms with Crippen LogP contribution in [0.25, 0.3) is 0 Å². The Kier molecular flexibility index (Phi) is 3.70. The number of hydrogen-bond donors (Lipinski definition) is 1. The Morgan fingerprint density at radius 1 is 1.19 bits per heavy atom. The molecular weight excluding hydrogens is 266 g/mol. The minimum Gasteiger partial charge on any atom is -0.480 e. The lowest BCUT2D eigenvalue weighted by atomic mass is 9.84. The number of benzene rings is 1. The molecule has 1 heterocycles. The van der Waals surface area contributed by atoms with Crippen LogP contribution in [0.15, 0.2) is 24.3 Å². The molecule has 1 amide bonds. The molecule has 0 spiro atoms. The van der Waals surface area contributed by atoms with Crippen molar-refractivity contribution in [2.45, 2.75) is 51.1 Å². The number of hydrogen-bond acceptors (Lipinski definition) is 2. The zero-order valence-corrected chi connectivity index (χ0v) is 12.3. The fraction of sp³-hybridized carbons (Fsp3) is 0.529. The second-order valence-electron chi connectivity index (χ2n) is 6.23. The lowest BCUT2D eigenvalue weighted by Gasteiger charge is -2.33. The van der Waals surface area contributed by atoms with Crippen molar-refractivity contribution in [2.75, 3.05) is 0 Å². The highest BCUT2D eigenvalue weighted by Crippen LogP contribution is 2.40. The maximum absolute atomic E-state index is 12.9. The highest BCUT2D eigenvalue weighted by atomic mass is 16.4. The number of fused-ring (bicyclic) bond motifs is 1. The lowest BCUT2D eigenvalue weighted by Crippen LogP contribution is -2.46. The van der Waals surface area contributed by atoms with E-state index in [-0.39, 0.29) is 11.9 Å². The van der Waals surface area contributed by atoms with Gasteiger partial charge in [0.05, 0.1) is 0 Å². The Balaban J connectivity index is 1.95. The summed E-state index contributed by atoms with van der Waals surface area (Å²) in [6.45, 7) is 1.90. The van der Waals surface area contributed by atoms with Crippen LogP contribution in [0.5, 0.6) is 0 Å². The molecule has 3 rings (SSSR count). The van der Waals surface area contributed by atoms with E-state index in [1.807, 2.05) is 25.1 Å². The van der Waals surface area contributed by atoms with Crippen LogP contribution < -0.4 is 0 Å². The lowest BCUT2D eigenvalue weighted by molar-refractivity contribution is -0.141. The van der Waals surface area contributed by atoms with Crippen molar-refractivity contribution in [3.8, 4) is 0 Å². The molecule has 1 aromatic carbocycles. The average Bonchev–Trinajstić information content (AvgIpc) is 2.86. The van der Waals surface area contributed by atoms with Crippen molar-refractivity contribution in [1.82, 2.24) is 4.90 Å². The Morgan fingerprint density at radius 2 is 1.90 bits per heavy atom. The molecule has 3 unspecified atom stereocenters. The van der Waals surface area contributed by atoms with Crippen molar-refractivity contribution >= 4 is 11.9 Å². The number of aliphatic carboxylic acids is 1. The molecule has 0 radical (unpaired) electrons. The molecule has 4 nitrogen and oxygen atoms in total. The van der Waals surface area contributed by atoms with E-state index in [0.717, 1.165) is 31.2 Å². The zero-order valence-electron chi connectivity index (χ0n) is 12.3. The van der Waals surface area contributed by atoms with Crippen LogP contribution in [-0.4, -0.2) is 34.0 Å². The summed E-state index contributed by atoms with van der Waals surface area (Å²) in [6, 6.07) is 6.88. The van der Waals surface area contributed by atoms with E-state index in [1.54, 1.807) is 11.0 Å². The molecule has 4 heteroatoms. The summed E-state index contributed by atoms with van der Waals surface area (Å²) >= 11 is 0. The molecule has 1 saturated carbocycles. The molecule has 2 fully saturated rings. The largest absolute Gasteiger partial charge is 0.480 e. The SMILES string of the molecule is Cc1ccccc1C(=O)N1C(C(=O)O)CC2CCCCC21. The Bertz CT molecular complexity index is 569. The number of rotatable bonds is 2. The van der Waals surface area contributed by atoms with Crippen molar-refractivity contribution in [3.05, 3.63) is 35.4 Å². The predicted molar refractivity (Wildman–Crippen MR) is 79.1 cm³/mol. The molecular formula is C17H21NO3. The molecule has 0 bridgehead atoms. The third kappa shape index (κ3) is 2.43. The van der Waals surface area contributed by atoms with Crippen molar-refractivity contribution in [2.24, 2.45) is 5.92 Å².